The van der Waals surface area contributed by atoms with E-state index in [1.807, 2.05) is 30.3 Å². The molecule has 0 fully saturated rings. The van der Waals surface area contributed by atoms with E-state index in [1.165, 1.54) is 30.6 Å². The lowest BCUT2D eigenvalue weighted by Gasteiger charge is -2.05. The maximum absolute atomic E-state index is 13.2. The molecule has 0 saturated heterocycles. The van der Waals surface area contributed by atoms with Crippen molar-refractivity contribution in [3.63, 3.8) is 0 Å². The Morgan fingerprint density at radius 2 is 1.68 bits per heavy atom. The third-order valence-electron chi connectivity index (χ3n) is 3.91. The van der Waals surface area contributed by atoms with Gasteiger partial charge in [-0.15, -0.1) is 0 Å². The number of carbonyl (C=O) groups is 2. The maximum atomic E-state index is 13.2. The fourth-order valence-corrected chi connectivity index (χ4v) is 2.64. The van der Waals surface area contributed by atoms with Crippen LogP contribution in [0, 0.1) is 5.82 Å². The average Bonchev–Trinajstić information content (AvgIpc) is 2.73. The van der Waals surface area contributed by atoms with Crippen LogP contribution in [0.25, 0.3) is 0 Å². The zero-order valence-electron chi connectivity index (χ0n) is 14.7. The van der Waals surface area contributed by atoms with E-state index in [1.54, 1.807) is 0 Å². The van der Waals surface area contributed by atoms with Gasteiger partial charge >= 0.3 is 0 Å². The van der Waals surface area contributed by atoms with Gasteiger partial charge in [0.25, 0.3) is 18.1 Å². The van der Waals surface area contributed by atoms with E-state index in [4.69, 9.17) is 11.6 Å². The number of benzene rings is 2. The summed E-state index contributed by atoms with van der Waals surface area (Å²) in [7, 11) is 0. The van der Waals surface area contributed by atoms with Crippen molar-refractivity contribution in [2.45, 2.75) is 13.1 Å². The quantitative estimate of drug-likeness (QED) is 0.668. The molecule has 0 unspecified atom stereocenters. The summed E-state index contributed by atoms with van der Waals surface area (Å²) in [6.07, 6.45) is 1.28. The van der Waals surface area contributed by atoms with E-state index in [0.717, 1.165) is 5.56 Å². The van der Waals surface area contributed by atoms with E-state index < -0.39 is 11.7 Å². The maximum Gasteiger partial charge on any atom is 0.296 e. The number of nitrogens with one attached hydrogen (secondary N) is 3. The van der Waals surface area contributed by atoms with Crippen LogP contribution in [0.3, 0.4) is 0 Å². The Labute approximate surface area is 165 Å². The molecule has 0 saturated carbocycles. The van der Waals surface area contributed by atoms with Gasteiger partial charge in [-0.2, -0.15) is 0 Å². The van der Waals surface area contributed by atoms with Crippen molar-refractivity contribution in [1.29, 1.82) is 0 Å². The van der Waals surface area contributed by atoms with Gasteiger partial charge in [-0.1, -0.05) is 48.0 Å². The number of halogens is 2. The van der Waals surface area contributed by atoms with Crippen LogP contribution in [-0.2, 0) is 13.1 Å². The lowest BCUT2D eigenvalue weighted by atomic mass is 10.2. The average molecular weight is 400 g/mol. The summed E-state index contributed by atoms with van der Waals surface area (Å²) in [6, 6.07) is 15.0. The van der Waals surface area contributed by atoms with Crippen LogP contribution in [0.15, 0.2) is 60.9 Å². The van der Waals surface area contributed by atoms with Crippen LogP contribution >= 0.6 is 11.6 Å². The van der Waals surface area contributed by atoms with Crippen LogP contribution in [0.4, 0.5) is 4.39 Å². The minimum atomic E-state index is -0.525. The highest BCUT2D eigenvalue weighted by molar-refractivity contribution is 6.30. The second-order valence-electron chi connectivity index (χ2n) is 5.95. The van der Waals surface area contributed by atoms with Crippen molar-refractivity contribution in [3.05, 3.63) is 94.3 Å². The molecule has 0 atom stereocenters. The summed E-state index contributed by atoms with van der Waals surface area (Å²) in [5, 5.41) is 5.41. The van der Waals surface area contributed by atoms with Gasteiger partial charge in [-0.05, 0) is 28.2 Å². The Hall–Kier alpha value is -3.32. The van der Waals surface area contributed by atoms with Crippen molar-refractivity contribution in [1.82, 2.24) is 15.6 Å². The molecule has 2 aromatic carbocycles. The molecule has 3 N–H and O–H groups in total. The van der Waals surface area contributed by atoms with Crippen molar-refractivity contribution >= 4 is 23.4 Å². The molecule has 0 radical (unpaired) electrons. The lowest BCUT2D eigenvalue weighted by Crippen LogP contribution is -2.31. The first-order valence-corrected chi connectivity index (χ1v) is 8.82. The highest BCUT2D eigenvalue weighted by atomic mass is 35.5. The normalized spacial score (nSPS) is 10.4. The minimum absolute atomic E-state index is 0.0171. The number of aromatic amines is 1. The number of rotatable bonds is 6. The Morgan fingerprint density at radius 3 is 2.43 bits per heavy atom. The van der Waals surface area contributed by atoms with E-state index >= 15 is 0 Å². The van der Waals surface area contributed by atoms with E-state index in [9.17, 15) is 14.0 Å². The van der Waals surface area contributed by atoms with Crippen LogP contribution in [0.5, 0.6) is 0 Å². The first-order valence-electron chi connectivity index (χ1n) is 8.45. The van der Waals surface area contributed by atoms with E-state index in [2.05, 4.69) is 20.6 Å². The number of hydrogen-bond donors (Lipinski definition) is 2. The van der Waals surface area contributed by atoms with Gasteiger partial charge < -0.3 is 10.6 Å². The first kappa shape index (κ1) is 19.4. The van der Waals surface area contributed by atoms with Gasteiger partial charge in [-0.25, -0.2) is 9.37 Å². The summed E-state index contributed by atoms with van der Waals surface area (Å²) in [4.78, 5) is 31.3. The monoisotopic (exact) mass is 399 g/mol. The Balaban J connectivity index is 1.60. The van der Waals surface area contributed by atoms with Crippen LogP contribution < -0.4 is 15.6 Å². The largest absolute Gasteiger partial charge is 0.345 e. The molecule has 142 valence electrons. The molecule has 0 bridgehead atoms. The number of carbonyl (C=O) groups excluding carboxylic acids is 2. The van der Waals surface area contributed by atoms with Gasteiger partial charge in [0.1, 0.15) is 5.82 Å². The number of H-pyrrole nitrogens is 1. The topological polar surface area (TPSA) is 85.2 Å². The molecule has 28 heavy (non-hydrogen) atoms. The third-order valence-corrected chi connectivity index (χ3v) is 4.20. The van der Waals surface area contributed by atoms with Gasteiger partial charge in [0.05, 0.1) is 5.02 Å². The van der Waals surface area contributed by atoms with Crippen molar-refractivity contribution in [2.24, 2.45) is 0 Å². The smallest absolute Gasteiger partial charge is 0.296 e. The molecule has 2 amide bonds. The summed E-state index contributed by atoms with van der Waals surface area (Å²) in [5.74, 6) is -1.35. The van der Waals surface area contributed by atoms with Gasteiger partial charge in [0.15, 0.2) is 5.69 Å². The number of amides is 2. The molecule has 0 aliphatic carbocycles. The third kappa shape index (κ3) is 5.11. The van der Waals surface area contributed by atoms with E-state index in [-0.39, 0.29) is 28.9 Å². The molecular formula is C20H17ClFN4O2+. The molecule has 3 aromatic rings. The highest BCUT2D eigenvalue weighted by Crippen LogP contribution is 2.15. The van der Waals surface area contributed by atoms with Gasteiger partial charge in [0, 0.05) is 19.2 Å². The molecule has 1 heterocycles. The minimum Gasteiger partial charge on any atom is -0.345 e. The van der Waals surface area contributed by atoms with E-state index in [0.29, 0.717) is 12.1 Å². The molecular weight excluding hydrogens is 383 g/mol. The predicted molar refractivity (Wildman–Crippen MR) is 101 cm³/mol. The predicted octanol–water partition coefficient (Wildman–Crippen LogP) is 2.55. The summed E-state index contributed by atoms with van der Waals surface area (Å²) >= 11 is 5.73. The lowest BCUT2D eigenvalue weighted by molar-refractivity contribution is -0.387. The standard InChI is InChI=1S/C20H16ClFN4O2/c21-15-8-14(6-7-16(15)22)11-24-20(28)18-9-17(25-12-26-18)19(27)23-10-13-4-2-1-3-5-13/h1-9,12H,10-11H2,(H,23,27)(H,24,28)/p+1. The zero-order chi connectivity index (χ0) is 19.9. The van der Waals surface area contributed by atoms with Crippen molar-refractivity contribution in [2.75, 3.05) is 0 Å². The fraction of sp³-hybridized carbons (Fsp3) is 0.100. The SMILES string of the molecule is O=C(NCc1ccc(F)c(Cl)c1)c1cc(C(=O)NCc2ccccc2)[nH+]cn1. The molecule has 6 nitrogen and oxygen atoms in total. The second-order valence-corrected chi connectivity index (χ2v) is 6.35. The van der Waals surface area contributed by atoms with Gasteiger partial charge in [-0.3, -0.25) is 9.59 Å². The first-order chi connectivity index (χ1) is 13.5. The van der Waals surface area contributed by atoms with Crippen LogP contribution in [0.1, 0.15) is 32.1 Å². The molecule has 0 aliphatic heterocycles. The number of hydrogen-bond acceptors (Lipinski definition) is 3. The Morgan fingerprint density at radius 1 is 0.964 bits per heavy atom. The highest BCUT2D eigenvalue weighted by Gasteiger charge is 2.18. The molecule has 0 aliphatic rings. The molecule has 8 heteroatoms. The summed E-state index contributed by atoms with van der Waals surface area (Å²) in [6.45, 7) is 0.511. The molecule has 1 aromatic heterocycles. The zero-order valence-corrected chi connectivity index (χ0v) is 15.5. The van der Waals surface area contributed by atoms with Crippen LogP contribution in [0.2, 0.25) is 5.02 Å². The molecule has 3 rings (SSSR count). The Kier molecular flexibility index (Phi) is 6.29. The van der Waals surface area contributed by atoms with Crippen molar-refractivity contribution < 1.29 is 19.0 Å². The Bertz CT molecular complexity index is 999. The summed E-state index contributed by atoms with van der Waals surface area (Å²) in [5.41, 5.74) is 1.89. The van der Waals surface area contributed by atoms with Crippen LogP contribution in [-0.4, -0.2) is 16.8 Å². The second kappa shape index (κ2) is 9.05. The fourth-order valence-electron chi connectivity index (χ4n) is 2.44. The number of aromatic nitrogens is 2. The molecule has 0 spiro atoms. The summed E-state index contributed by atoms with van der Waals surface area (Å²) < 4.78 is 13.2. The van der Waals surface area contributed by atoms with Crippen molar-refractivity contribution in [3.8, 4) is 0 Å². The van der Waals surface area contributed by atoms with Gasteiger partial charge in [0.2, 0.25) is 5.69 Å². The number of nitrogens with zero attached hydrogens (tertiary/aromatic N) is 1.